The molecule has 88 valence electrons. The predicted octanol–water partition coefficient (Wildman–Crippen LogP) is 1.79. The summed E-state index contributed by atoms with van der Waals surface area (Å²) < 4.78 is 26.0. The highest BCUT2D eigenvalue weighted by Gasteiger charge is 2.18. The molecule has 0 atom stereocenters. The van der Waals surface area contributed by atoms with Gasteiger partial charge in [-0.2, -0.15) is 16.2 Å². The van der Waals surface area contributed by atoms with E-state index in [1.807, 2.05) is 6.26 Å². The minimum Gasteiger partial charge on any atom is -0.341 e. The standard InChI is InChI=1S/C10H12F2N2OS/c1-14(5-6-16-2)10(15)7-3-4-13-9(12)8(7)11/h3-4H,5-6H2,1-2H3. The number of carbonyl (C=O) groups is 1. The summed E-state index contributed by atoms with van der Waals surface area (Å²) in [5.41, 5.74) is -0.281. The molecule has 0 aromatic carbocycles. The first-order chi connectivity index (χ1) is 7.57. The first kappa shape index (κ1) is 12.9. The summed E-state index contributed by atoms with van der Waals surface area (Å²) in [6.07, 6.45) is 2.99. The van der Waals surface area contributed by atoms with Crippen molar-refractivity contribution in [2.45, 2.75) is 0 Å². The van der Waals surface area contributed by atoms with Crippen molar-refractivity contribution >= 4 is 17.7 Å². The van der Waals surface area contributed by atoms with Crippen LogP contribution in [0.4, 0.5) is 8.78 Å². The summed E-state index contributed by atoms with van der Waals surface area (Å²) in [6, 6.07) is 1.18. The van der Waals surface area contributed by atoms with Crippen molar-refractivity contribution in [1.29, 1.82) is 0 Å². The normalized spacial score (nSPS) is 10.2. The quantitative estimate of drug-likeness (QED) is 0.759. The fourth-order valence-corrected chi connectivity index (χ4v) is 1.58. The molecule has 0 aliphatic carbocycles. The van der Waals surface area contributed by atoms with Gasteiger partial charge in [-0.05, 0) is 12.3 Å². The Morgan fingerprint density at radius 3 is 2.88 bits per heavy atom. The predicted molar refractivity (Wildman–Crippen MR) is 59.5 cm³/mol. The molecule has 0 spiro atoms. The number of pyridine rings is 1. The lowest BCUT2D eigenvalue weighted by Crippen LogP contribution is -2.29. The minimum absolute atomic E-state index is 0.281. The van der Waals surface area contributed by atoms with Gasteiger partial charge in [0.1, 0.15) is 0 Å². The molecule has 0 saturated heterocycles. The van der Waals surface area contributed by atoms with Crippen molar-refractivity contribution < 1.29 is 13.6 Å². The Morgan fingerprint density at radius 2 is 2.25 bits per heavy atom. The van der Waals surface area contributed by atoms with Crippen LogP contribution in [0.3, 0.4) is 0 Å². The fourth-order valence-electron chi connectivity index (χ4n) is 1.12. The molecule has 0 aliphatic heterocycles. The maximum absolute atomic E-state index is 13.2. The van der Waals surface area contributed by atoms with Gasteiger partial charge in [0.25, 0.3) is 5.91 Å². The molecular weight excluding hydrogens is 234 g/mol. The number of aromatic nitrogens is 1. The van der Waals surface area contributed by atoms with Crippen molar-refractivity contribution in [2.75, 3.05) is 25.6 Å². The van der Waals surface area contributed by atoms with Crippen LogP contribution in [0.15, 0.2) is 12.3 Å². The molecule has 1 amide bonds. The molecule has 1 rings (SSSR count). The molecule has 6 heteroatoms. The average Bonchev–Trinajstić information content (AvgIpc) is 2.28. The Balaban J connectivity index is 2.84. The number of carbonyl (C=O) groups excluding carboxylic acids is 1. The Hall–Kier alpha value is -1.17. The maximum Gasteiger partial charge on any atom is 0.256 e. The van der Waals surface area contributed by atoms with E-state index >= 15 is 0 Å². The first-order valence-corrected chi connectivity index (χ1v) is 6.01. The monoisotopic (exact) mass is 246 g/mol. The second kappa shape index (κ2) is 5.79. The van der Waals surface area contributed by atoms with Crippen LogP contribution in [-0.2, 0) is 0 Å². The number of hydrogen-bond donors (Lipinski definition) is 0. The Bertz CT molecular complexity index is 387. The summed E-state index contributed by atoms with van der Waals surface area (Å²) in [6.45, 7) is 0.489. The van der Waals surface area contributed by atoms with Gasteiger partial charge in [0.15, 0.2) is 5.82 Å². The lowest BCUT2D eigenvalue weighted by molar-refractivity contribution is 0.0797. The molecule has 0 saturated carbocycles. The van der Waals surface area contributed by atoms with Crippen LogP contribution < -0.4 is 0 Å². The number of thioether (sulfide) groups is 1. The number of amides is 1. The van der Waals surface area contributed by atoms with Crippen LogP contribution in [-0.4, -0.2) is 41.4 Å². The summed E-state index contributed by atoms with van der Waals surface area (Å²) in [7, 11) is 1.55. The summed E-state index contributed by atoms with van der Waals surface area (Å²) in [5.74, 6) is -2.22. The molecule has 16 heavy (non-hydrogen) atoms. The van der Waals surface area contributed by atoms with Gasteiger partial charge in [0, 0.05) is 25.5 Å². The highest BCUT2D eigenvalue weighted by Crippen LogP contribution is 2.11. The molecule has 1 aromatic rings. The molecule has 0 radical (unpaired) electrons. The third-order valence-corrected chi connectivity index (χ3v) is 2.65. The van der Waals surface area contributed by atoms with E-state index in [2.05, 4.69) is 4.98 Å². The molecule has 1 aromatic heterocycles. The lowest BCUT2D eigenvalue weighted by atomic mass is 10.2. The van der Waals surface area contributed by atoms with Gasteiger partial charge >= 0.3 is 0 Å². The van der Waals surface area contributed by atoms with Crippen molar-refractivity contribution in [2.24, 2.45) is 0 Å². The van der Waals surface area contributed by atoms with E-state index in [4.69, 9.17) is 0 Å². The van der Waals surface area contributed by atoms with E-state index in [0.717, 1.165) is 11.9 Å². The molecule has 0 fully saturated rings. The van der Waals surface area contributed by atoms with Crippen LogP contribution >= 0.6 is 11.8 Å². The zero-order chi connectivity index (χ0) is 12.1. The Morgan fingerprint density at radius 1 is 1.56 bits per heavy atom. The van der Waals surface area contributed by atoms with E-state index in [9.17, 15) is 13.6 Å². The molecule has 3 nitrogen and oxygen atoms in total. The van der Waals surface area contributed by atoms with Gasteiger partial charge in [-0.15, -0.1) is 0 Å². The molecule has 0 N–H and O–H groups in total. The third-order valence-electron chi connectivity index (χ3n) is 2.05. The number of nitrogens with zero attached hydrogens (tertiary/aromatic N) is 2. The minimum atomic E-state index is -1.25. The van der Waals surface area contributed by atoms with E-state index < -0.39 is 17.7 Å². The van der Waals surface area contributed by atoms with Crippen molar-refractivity contribution in [1.82, 2.24) is 9.88 Å². The molecule has 0 unspecified atom stereocenters. The van der Waals surface area contributed by atoms with Gasteiger partial charge in [-0.1, -0.05) is 0 Å². The van der Waals surface area contributed by atoms with Gasteiger partial charge < -0.3 is 4.90 Å². The van der Waals surface area contributed by atoms with Crippen molar-refractivity contribution in [3.63, 3.8) is 0 Å². The molecular formula is C10H12F2N2OS. The third kappa shape index (κ3) is 2.91. The first-order valence-electron chi connectivity index (χ1n) is 4.62. The van der Waals surface area contributed by atoms with Crippen LogP contribution in [0.1, 0.15) is 10.4 Å². The van der Waals surface area contributed by atoms with Crippen molar-refractivity contribution in [3.8, 4) is 0 Å². The molecule has 0 aliphatic rings. The smallest absolute Gasteiger partial charge is 0.256 e. The SMILES string of the molecule is CSCCN(C)C(=O)c1ccnc(F)c1F. The Kier molecular flexibility index (Phi) is 4.67. The summed E-state index contributed by atoms with van der Waals surface area (Å²) >= 11 is 1.58. The van der Waals surface area contributed by atoms with Crippen LogP contribution in [0, 0.1) is 11.8 Å². The van der Waals surface area contributed by atoms with E-state index in [-0.39, 0.29) is 5.56 Å². The lowest BCUT2D eigenvalue weighted by Gasteiger charge is -2.16. The number of hydrogen-bond acceptors (Lipinski definition) is 3. The second-order valence-electron chi connectivity index (χ2n) is 3.18. The van der Waals surface area contributed by atoms with Crippen LogP contribution in [0.2, 0.25) is 0 Å². The van der Waals surface area contributed by atoms with Gasteiger partial charge in [0.05, 0.1) is 5.56 Å². The number of rotatable bonds is 4. The fraction of sp³-hybridized carbons (Fsp3) is 0.400. The highest BCUT2D eigenvalue weighted by atomic mass is 32.2. The molecule has 1 heterocycles. The summed E-state index contributed by atoms with van der Waals surface area (Å²) in [4.78, 5) is 16.2. The van der Waals surface area contributed by atoms with Gasteiger partial charge in [-0.25, -0.2) is 9.37 Å². The zero-order valence-corrected chi connectivity index (χ0v) is 9.85. The number of halogens is 2. The average molecular weight is 246 g/mol. The second-order valence-corrected chi connectivity index (χ2v) is 4.17. The molecule has 0 bridgehead atoms. The van der Waals surface area contributed by atoms with Gasteiger partial charge in [0.2, 0.25) is 5.95 Å². The van der Waals surface area contributed by atoms with E-state index in [1.54, 1.807) is 18.8 Å². The van der Waals surface area contributed by atoms with Crippen LogP contribution in [0.5, 0.6) is 0 Å². The zero-order valence-electron chi connectivity index (χ0n) is 9.04. The van der Waals surface area contributed by atoms with Crippen molar-refractivity contribution in [3.05, 3.63) is 29.6 Å². The van der Waals surface area contributed by atoms with E-state index in [1.165, 1.54) is 11.0 Å². The highest BCUT2D eigenvalue weighted by molar-refractivity contribution is 7.98. The Labute approximate surface area is 96.9 Å². The van der Waals surface area contributed by atoms with Gasteiger partial charge in [-0.3, -0.25) is 4.79 Å². The van der Waals surface area contributed by atoms with E-state index in [0.29, 0.717) is 6.54 Å². The largest absolute Gasteiger partial charge is 0.341 e. The summed E-state index contributed by atoms with van der Waals surface area (Å²) in [5, 5.41) is 0. The van der Waals surface area contributed by atoms with Crippen LogP contribution in [0.25, 0.3) is 0 Å². The topological polar surface area (TPSA) is 33.2 Å². The maximum atomic E-state index is 13.2.